The Morgan fingerprint density at radius 2 is 1.61 bits per heavy atom. The Hall–Kier alpha value is -4.18. The van der Waals surface area contributed by atoms with Crippen molar-refractivity contribution in [3.8, 4) is 0 Å². The van der Waals surface area contributed by atoms with Gasteiger partial charge in [0.2, 0.25) is 17.7 Å². The number of carbonyl (C=O) groups excluding carboxylic acids is 5. The van der Waals surface area contributed by atoms with Crippen molar-refractivity contribution in [2.75, 3.05) is 60.2 Å². The molecule has 0 aliphatic carbocycles. The van der Waals surface area contributed by atoms with Crippen LogP contribution in [-0.4, -0.2) is 132 Å². The summed E-state index contributed by atoms with van der Waals surface area (Å²) in [6.45, 7) is 10.3. The van der Waals surface area contributed by atoms with Gasteiger partial charge in [0.1, 0.15) is 5.78 Å². The molecule has 2 aromatic rings. The van der Waals surface area contributed by atoms with Crippen molar-refractivity contribution in [2.45, 2.75) is 104 Å². The number of hydrogen-bond donors (Lipinski definition) is 3. The summed E-state index contributed by atoms with van der Waals surface area (Å²) < 4.78 is 13.2. The van der Waals surface area contributed by atoms with Crippen molar-refractivity contribution in [3.05, 3.63) is 36.0 Å². The summed E-state index contributed by atoms with van der Waals surface area (Å²) in [6.07, 6.45) is 1.64. The quantitative estimate of drug-likeness (QED) is 0.0941. The number of ether oxygens (including phenoxy) is 2. The van der Waals surface area contributed by atoms with E-state index in [0.717, 1.165) is 16.6 Å². The Morgan fingerprint density at radius 1 is 0.929 bits per heavy atom. The Kier molecular flexibility index (Phi) is 19.6. The number of fused-ring (bicyclic) bond motifs is 1. The number of hydrogen-bond acceptors (Lipinski definition) is 10. The van der Waals surface area contributed by atoms with Gasteiger partial charge >= 0.3 is 5.97 Å². The van der Waals surface area contributed by atoms with Crippen molar-refractivity contribution < 1.29 is 43.3 Å². The lowest BCUT2D eigenvalue weighted by Gasteiger charge is -2.39. The molecule has 312 valence electrons. The molecule has 0 spiro atoms. The molecule has 3 N–H and O–H groups in total. The maximum absolute atomic E-state index is 13.7. The van der Waals surface area contributed by atoms with E-state index in [1.54, 1.807) is 18.7 Å². The number of hydrazine groups is 1. The number of ketones is 2. The first-order valence-electron chi connectivity index (χ1n) is 20.0. The van der Waals surface area contributed by atoms with Gasteiger partial charge in [0.05, 0.1) is 45.4 Å². The normalized spacial score (nSPS) is 14.6. The molecule has 1 aromatic carbocycles. The second-order valence-corrected chi connectivity index (χ2v) is 14.9. The fraction of sp³-hybridized carbons (Fsp3) is 0.659. The van der Waals surface area contributed by atoms with E-state index >= 15 is 0 Å². The topological polar surface area (TPSA) is 180 Å². The van der Waals surface area contributed by atoms with E-state index < -0.39 is 17.9 Å². The van der Waals surface area contributed by atoms with E-state index in [4.69, 9.17) is 14.6 Å². The number of Topliss-reactive ketones (excluding diaryl/α,β-unsaturated/α-hetero) is 2. The zero-order valence-electron chi connectivity index (χ0n) is 34.2. The molecule has 1 aliphatic heterocycles. The van der Waals surface area contributed by atoms with E-state index in [9.17, 15) is 28.8 Å². The van der Waals surface area contributed by atoms with Gasteiger partial charge in [-0.3, -0.25) is 34.2 Å². The van der Waals surface area contributed by atoms with Crippen LogP contribution in [0.4, 0.5) is 0 Å². The lowest BCUT2D eigenvalue weighted by molar-refractivity contribution is -0.139. The van der Waals surface area contributed by atoms with Crippen LogP contribution in [0.1, 0.15) is 84.8 Å². The molecule has 2 heterocycles. The highest BCUT2D eigenvalue weighted by atomic mass is 16.5. The maximum atomic E-state index is 13.7. The number of para-hydroxylation sites is 1. The summed E-state index contributed by atoms with van der Waals surface area (Å²) >= 11 is 0. The molecule has 0 saturated carbocycles. The molecule has 1 fully saturated rings. The van der Waals surface area contributed by atoms with Crippen LogP contribution in [0.2, 0.25) is 0 Å². The number of aryl methyl sites for hydroxylation is 1. The molecular weight excluding hydrogens is 720 g/mol. The molecule has 56 heavy (non-hydrogen) atoms. The largest absolute Gasteiger partial charge is 0.481 e. The number of carboxylic acids is 1. The van der Waals surface area contributed by atoms with Gasteiger partial charge in [0, 0.05) is 88.5 Å². The Morgan fingerprint density at radius 3 is 2.25 bits per heavy atom. The minimum Gasteiger partial charge on any atom is -0.481 e. The van der Waals surface area contributed by atoms with Gasteiger partial charge in [-0.2, -0.15) is 0 Å². The number of carbonyl (C=O) groups is 6. The second-order valence-electron chi connectivity index (χ2n) is 14.9. The van der Waals surface area contributed by atoms with Crippen molar-refractivity contribution in [2.24, 2.45) is 11.8 Å². The van der Waals surface area contributed by atoms with Gasteiger partial charge in [0.25, 0.3) is 0 Å². The highest BCUT2D eigenvalue weighted by Gasteiger charge is 2.31. The Bertz CT molecular complexity index is 1600. The number of carboxylic acid groups (broad SMARTS) is 1. The van der Waals surface area contributed by atoms with Gasteiger partial charge in [-0.1, -0.05) is 39.0 Å². The number of likely N-dealkylation sites (tertiary alicyclic amines) is 1. The summed E-state index contributed by atoms with van der Waals surface area (Å²) in [5.41, 5.74) is 5.33. The molecule has 1 aromatic heterocycles. The summed E-state index contributed by atoms with van der Waals surface area (Å²) in [7, 11) is 3.84. The summed E-state index contributed by atoms with van der Waals surface area (Å²) in [5, 5.41) is 14.6. The first-order valence-corrected chi connectivity index (χ1v) is 20.0. The lowest BCUT2D eigenvalue weighted by Crippen LogP contribution is -2.50. The zero-order chi connectivity index (χ0) is 41.2. The van der Waals surface area contributed by atoms with E-state index in [0.29, 0.717) is 51.9 Å². The molecule has 15 nitrogen and oxygen atoms in total. The maximum Gasteiger partial charge on any atom is 0.305 e. The number of aliphatic carboxylic acids is 1. The van der Waals surface area contributed by atoms with E-state index in [2.05, 4.69) is 33.5 Å². The SMILES string of the molecule is CCC(=O)[C@H](C)NC(=O)[C@@H](CC(=O)CCC(=O)N(CCOCCOCCC(=O)O)C1CCN(C(=O)CCn2c(CN(C)NC)cc3ccccc32)CC1)C(C)C. The smallest absolute Gasteiger partial charge is 0.305 e. The number of nitrogens with one attached hydrogen (secondary N) is 2. The number of nitrogens with zero attached hydrogens (tertiary/aromatic N) is 4. The van der Waals surface area contributed by atoms with Crippen LogP contribution in [0.3, 0.4) is 0 Å². The lowest BCUT2D eigenvalue weighted by atomic mass is 9.88. The third kappa shape index (κ3) is 14.7. The zero-order valence-corrected chi connectivity index (χ0v) is 34.2. The van der Waals surface area contributed by atoms with E-state index in [1.807, 2.05) is 50.0 Å². The van der Waals surface area contributed by atoms with Crippen LogP contribution in [0.15, 0.2) is 30.3 Å². The van der Waals surface area contributed by atoms with E-state index in [1.165, 1.54) is 0 Å². The Labute approximate surface area is 331 Å². The van der Waals surface area contributed by atoms with Crippen molar-refractivity contribution in [3.63, 3.8) is 0 Å². The molecule has 0 radical (unpaired) electrons. The molecule has 15 heteroatoms. The summed E-state index contributed by atoms with van der Waals surface area (Å²) in [6, 6.07) is 9.53. The number of piperidine rings is 1. The third-order valence-corrected chi connectivity index (χ3v) is 10.5. The minimum atomic E-state index is -0.941. The highest BCUT2D eigenvalue weighted by molar-refractivity contribution is 5.92. The van der Waals surface area contributed by atoms with Gasteiger partial charge in [0.15, 0.2) is 5.78 Å². The monoisotopic (exact) mass is 784 g/mol. The molecule has 1 saturated heterocycles. The average molecular weight is 785 g/mol. The molecule has 3 amide bonds. The molecule has 2 atom stereocenters. The predicted octanol–water partition coefficient (Wildman–Crippen LogP) is 3.42. The summed E-state index contributed by atoms with van der Waals surface area (Å²) in [4.78, 5) is 79.8. The molecule has 0 bridgehead atoms. The number of benzene rings is 1. The Balaban J connectivity index is 1.59. The fourth-order valence-corrected chi connectivity index (χ4v) is 7.01. The van der Waals surface area contributed by atoms with Crippen LogP contribution in [-0.2, 0) is 51.3 Å². The highest BCUT2D eigenvalue weighted by Crippen LogP contribution is 2.24. The molecular formula is C41H64N6O9. The number of rotatable bonds is 26. The number of amides is 3. The van der Waals surface area contributed by atoms with E-state index in [-0.39, 0.29) is 99.9 Å². The van der Waals surface area contributed by atoms with Gasteiger partial charge < -0.3 is 34.3 Å². The van der Waals surface area contributed by atoms with Crippen molar-refractivity contribution >= 4 is 46.2 Å². The van der Waals surface area contributed by atoms with Gasteiger partial charge in [-0.05, 0) is 50.2 Å². The van der Waals surface area contributed by atoms with Crippen LogP contribution in [0.5, 0.6) is 0 Å². The van der Waals surface area contributed by atoms with Gasteiger partial charge in [-0.25, -0.2) is 5.01 Å². The fourth-order valence-electron chi connectivity index (χ4n) is 7.01. The third-order valence-electron chi connectivity index (χ3n) is 10.5. The first kappa shape index (κ1) is 46.2. The molecule has 3 rings (SSSR count). The predicted molar refractivity (Wildman–Crippen MR) is 212 cm³/mol. The average Bonchev–Trinajstić information content (AvgIpc) is 3.53. The number of aromatic nitrogens is 1. The van der Waals surface area contributed by atoms with Crippen molar-refractivity contribution in [1.29, 1.82) is 0 Å². The summed E-state index contributed by atoms with van der Waals surface area (Å²) in [5.74, 6) is -2.47. The van der Waals surface area contributed by atoms with Crippen LogP contribution < -0.4 is 10.7 Å². The standard InChI is InChI=1S/C41H64N6O9/c1-7-37(49)30(4)43-41(54)35(29(2)3)27-34(48)12-13-39(51)47(21-23-56-25-24-55-22-17-40(52)53)32-14-18-45(19-15-32)38(50)16-20-46-33(28-44(6)42-5)26-31-10-8-9-11-36(31)46/h8-11,26,29-30,32,35,42H,7,12-25,27-28H2,1-6H3,(H,43,54)(H,52,53)/t30-,35-/m0/s1. The van der Waals surface area contributed by atoms with Gasteiger partial charge in [-0.15, -0.1) is 0 Å². The molecule has 0 unspecified atom stereocenters. The van der Waals surface area contributed by atoms with Crippen LogP contribution >= 0.6 is 0 Å². The first-order chi connectivity index (χ1) is 26.7. The molecule has 1 aliphatic rings. The minimum absolute atomic E-state index is 0.0228. The van der Waals surface area contributed by atoms with Crippen LogP contribution in [0, 0.1) is 11.8 Å². The second kappa shape index (κ2) is 23.8. The van der Waals surface area contributed by atoms with Crippen molar-refractivity contribution in [1.82, 2.24) is 30.1 Å². The van der Waals surface area contributed by atoms with Crippen LogP contribution in [0.25, 0.3) is 10.9 Å².